The second-order valence-electron chi connectivity index (χ2n) is 7.04. The normalized spacial score (nSPS) is 13.4. The zero-order valence-electron chi connectivity index (χ0n) is 20.6. The van der Waals surface area contributed by atoms with Crippen LogP contribution in [-0.2, 0) is 9.59 Å². The van der Waals surface area contributed by atoms with Gasteiger partial charge in [0.05, 0.1) is 11.5 Å². The van der Waals surface area contributed by atoms with E-state index in [2.05, 4.69) is 13.8 Å². The molecule has 0 heterocycles. The molecule has 1 aromatic rings. The maximum absolute atomic E-state index is 14.1. The second kappa shape index (κ2) is 21.6. The largest absolute Gasteiger partial charge is 0.491 e. The van der Waals surface area contributed by atoms with Gasteiger partial charge >= 0.3 is 0 Å². The monoisotopic (exact) mass is 454 g/mol. The summed E-state index contributed by atoms with van der Waals surface area (Å²) in [6.07, 6.45) is 13.1. The van der Waals surface area contributed by atoms with Gasteiger partial charge in [0.2, 0.25) is 0 Å². The number of ketones is 1. The molecule has 0 radical (unpaired) electrons. The summed E-state index contributed by atoms with van der Waals surface area (Å²) < 4.78 is 19.7. The molecule has 1 saturated carbocycles. The Hall–Kier alpha value is -1.62. The Labute approximate surface area is 194 Å². The number of carbonyl (C=O) groups is 2. The molecule has 0 atom stereocenters. The van der Waals surface area contributed by atoms with E-state index in [1.165, 1.54) is 70.2 Å². The smallest absolute Gasteiger partial charge is 0.166 e. The molecule has 0 amide bonds. The van der Waals surface area contributed by atoms with E-state index in [0.29, 0.717) is 22.8 Å². The second-order valence-corrected chi connectivity index (χ2v) is 7.89. The number of hydrogen-bond donors (Lipinski definition) is 0. The minimum absolute atomic E-state index is 0.00860. The Bertz CT molecular complexity index is 623. The van der Waals surface area contributed by atoms with Crippen molar-refractivity contribution in [1.29, 1.82) is 0 Å². The third kappa shape index (κ3) is 15.8. The lowest BCUT2D eigenvalue weighted by Gasteiger charge is -2.21. The van der Waals surface area contributed by atoms with Crippen molar-refractivity contribution in [2.75, 3.05) is 12.9 Å². The number of rotatable bonds is 7. The van der Waals surface area contributed by atoms with Crippen LogP contribution >= 0.6 is 11.8 Å². The summed E-state index contributed by atoms with van der Waals surface area (Å²) in [5.41, 5.74) is 0.682. The van der Waals surface area contributed by atoms with Gasteiger partial charge in [-0.25, -0.2) is 4.39 Å². The Morgan fingerprint density at radius 3 is 2.19 bits per heavy atom. The SMILES string of the molecule is CC.CC=O.CCC.CS/C(=C\c1ccc(OCCC2CCCCC2)c(F)c1)C(C)=O. The van der Waals surface area contributed by atoms with E-state index in [1.807, 2.05) is 20.1 Å². The topological polar surface area (TPSA) is 43.4 Å². The molecule has 0 spiro atoms. The van der Waals surface area contributed by atoms with Crippen LogP contribution in [-0.4, -0.2) is 24.9 Å². The molecule has 0 unspecified atom stereocenters. The number of thioether (sulfide) groups is 1. The van der Waals surface area contributed by atoms with Gasteiger partial charge in [-0.3, -0.25) is 4.79 Å². The summed E-state index contributed by atoms with van der Waals surface area (Å²) in [6, 6.07) is 4.87. The van der Waals surface area contributed by atoms with E-state index in [9.17, 15) is 9.18 Å². The minimum atomic E-state index is -0.369. The van der Waals surface area contributed by atoms with E-state index < -0.39 is 0 Å². The predicted octanol–water partition coefficient (Wildman–Crippen LogP) is 8.12. The van der Waals surface area contributed by atoms with Crippen molar-refractivity contribution < 1.29 is 18.7 Å². The Kier molecular flexibility index (Phi) is 22.0. The molecule has 0 bridgehead atoms. The highest BCUT2D eigenvalue weighted by atomic mass is 32.2. The van der Waals surface area contributed by atoms with Crippen molar-refractivity contribution in [3.05, 3.63) is 34.5 Å². The van der Waals surface area contributed by atoms with Gasteiger partial charge in [-0.1, -0.05) is 72.3 Å². The first-order chi connectivity index (χ1) is 14.9. The third-order valence-electron chi connectivity index (χ3n) is 4.33. The molecule has 1 aromatic carbocycles. The van der Waals surface area contributed by atoms with Gasteiger partial charge < -0.3 is 9.53 Å². The first-order valence-electron chi connectivity index (χ1n) is 11.5. The standard InChI is InChI=1S/C19H25FO2S.C3H8.C2H4O.C2H6/c1-14(21)19(23-2)13-16-8-9-18(17(20)12-16)22-11-10-15-6-4-3-5-7-15;1-3-2;1-2-3;1-2/h8-9,12-13,15H,3-7,10-11H2,1-2H3;3H2,1-2H3;2H,1H3;1-2H3/b19-13-;;;. The molecular formula is C26H43FO3S. The summed E-state index contributed by atoms with van der Waals surface area (Å²) in [4.78, 5) is 20.8. The highest BCUT2D eigenvalue weighted by molar-refractivity contribution is 8.03. The quantitative estimate of drug-likeness (QED) is 0.308. The molecular weight excluding hydrogens is 411 g/mol. The first kappa shape index (κ1) is 31.6. The molecule has 2 rings (SSSR count). The van der Waals surface area contributed by atoms with Gasteiger partial charge in [-0.15, -0.1) is 11.8 Å². The number of allylic oxidation sites excluding steroid dienone is 1. The van der Waals surface area contributed by atoms with Crippen LogP contribution in [0.2, 0.25) is 0 Å². The minimum Gasteiger partial charge on any atom is -0.491 e. The number of hydrogen-bond acceptors (Lipinski definition) is 4. The van der Waals surface area contributed by atoms with Crippen LogP contribution in [0.3, 0.4) is 0 Å². The van der Waals surface area contributed by atoms with E-state index in [0.717, 1.165) is 18.6 Å². The van der Waals surface area contributed by atoms with E-state index >= 15 is 0 Å². The Morgan fingerprint density at radius 2 is 1.74 bits per heavy atom. The molecule has 1 fully saturated rings. The molecule has 5 heteroatoms. The van der Waals surface area contributed by atoms with E-state index in [1.54, 1.807) is 18.2 Å². The molecule has 0 aliphatic heterocycles. The number of aldehydes is 1. The number of ether oxygens (including phenoxy) is 1. The summed E-state index contributed by atoms with van der Waals surface area (Å²) in [7, 11) is 0. The number of carbonyl (C=O) groups excluding carboxylic acids is 2. The maximum atomic E-state index is 14.1. The van der Waals surface area contributed by atoms with Gasteiger partial charge in [0.15, 0.2) is 17.3 Å². The van der Waals surface area contributed by atoms with Gasteiger partial charge in [0.1, 0.15) is 6.29 Å². The number of benzene rings is 1. The molecule has 0 aromatic heterocycles. The summed E-state index contributed by atoms with van der Waals surface area (Å²) in [6.45, 7) is 11.8. The van der Waals surface area contributed by atoms with Crippen LogP contribution in [0, 0.1) is 11.7 Å². The van der Waals surface area contributed by atoms with E-state index in [-0.39, 0.29) is 11.6 Å². The molecule has 31 heavy (non-hydrogen) atoms. The van der Waals surface area contributed by atoms with Gasteiger partial charge in [0.25, 0.3) is 0 Å². The summed E-state index contributed by atoms with van der Waals surface area (Å²) in [5.74, 6) is 0.650. The van der Waals surface area contributed by atoms with Gasteiger partial charge in [-0.2, -0.15) is 0 Å². The van der Waals surface area contributed by atoms with Crippen molar-refractivity contribution in [3.8, 4) is 5.75 Å². The molecule has 1 aliphatic rings. The highest BCUT2D eigenvalue weighted by Crippen LogP contribution is 2.27. The lowest BCUT2D eigenvalue weighted by Crippen LogP contribution is -2.11. The lowest BCUT2D eigenvalue weighted by molar-refractivity contribution is -0.113. The van der Waals surface area contributed by atoms with Crippen molar-refractivity contribution in [3.63, 3.8) is 0 Å². The number of Topliss-reactive ketones (excluding diaryl/α,β-unsaturated/α-hetero) is 1. The third-order valence-corrected chi connectivity index (χ3v) is 5.17. The molecule has 1 aliphatic carbocycles. The van der Waals surface area contributed by atoms with Crippen LogP contribution < -0.4 is 4.74 Å². The Balaban J connectivity index is 0. The zero-order valence-corrected chi connectivity index (χ0v) is 21.4. The summed E-state index contributed by atoms with van der Waals surface area (Å²) >= 11 is 1.37. The van der Waals surface area contributed by atoms with Crippen LogP contribution in [0.1, 0.15) is 92.1 Å². The zero-order chi connectivity index (χ0) is 24.1. The Morgan fingerprint density at radius 1 is 1.19 bits per heavy atom. The van der Waals surface area contributed by atoms with Gasteiger partial charge in [0, 0.05) is 0 Å². The van der Waals surface area contributed by atoms with Crippen LogP contribution in [0.4, 0.5) is 4.39 Å². The van der Waals surface area contributed by atoms with E-state index in [4.69, 9.17) is 9.53 Å². The molecule has 0 saturated heterocycles. The van der Waals surface area contributed by atoms with Crippen molar-refractivity contribution >= 4 is 29.9 Å². The van der Waals surface area contributed by atoms with Crippen LogP contribution in [0.25, 0.3) is 6.08 Å². The molecule has 178 valence electrons. The number of halogens is 1. The van der Waals surface area contributed by atoms with Crippen molar-refractivity contribution in [1.82, 2.24) is 0 Å². The highest BCUT2D eigenvalue weighted by Gasteiger charge is 2.14. The van der Waals surface area contributed by atoms with Crippen molar-refractivity contribution in [2.24, 2.45) is 5.92 Å². The average Bonchev–Trinajstić information content (AvgIpc) is 2.76. The fourth-order valence-electron chi connectivity index (χ4n) is 2.99. The predicted molar refractivity (Wildman–Crippen MR) is 134 cm³/mol. The molecule has 3 nitrogen and oxygen atoms in total. The van der Waals surface area contributed by atoms with Crippen molar-refractivity contribution in [2.45, 2.75) is 86.5 Å². The fraction of sp³-hybridized carbons (Fsp3) is 0.615. The first-order valence-corrected chi connectivity index (χ1v) is 12.7. The summed E-state index contributed by atoms with van der Waals surface area (Å²) in [5, 5.41) is 0. The molecule has 0 N–H and O–H groups in total. The van der Waals surface area contributed by atoms with Crippen LogP contribution in [0.5, 0.6) is 5.75 Å². The maximum Gasteiger partial charge on any atom is 0.166 e. The average molecular weight is 455 g/mol. The lowest BCUT2D eigenvalue weighted by atomic mass is 9.87. The fourth-order valence-corrected chi connectivity index (χ4v) is 3.53. The van der Waals surface area contributed by atoms with Gasteiger partial charge in [-0.05, 0) is 56.2 Å². The van der Waals surface area contributed by atoms with Crippen LogP contribution in [0.15, 0.2) is 23.1 Å².